The van der Waals surface area contributed by atoms with Crippen LogP contribution in [0.15, 0.2) is 12.1 Å². The van der Waals surface area contributed by atoms with Gasteiger partial charge < -0.3 is 16.0 Å². The van der Waals surface area contributed by atoms with Crippen LogP contribution in [0.4, 0.5) is 5.82 Å². The molecule has 0 spiro atoms. The molecule has 0 aliphatic rings. The van der Waals surface area contributed by atoms with Gasteiger partial charge in [-0.05, 0) is 25.5 Å². The lowest BCUT2D eigenvalue weighted by molar-refractivity contribution is -0.119. The molecule has 0 radical (unpaired) electrons. The highest BCUT2D eigenvalue weighted by Crippen LogP contribution is 2.17. The predicted molar refractivity (Wildman–Crippen MR) is 81.4 cm³/mol. The van der Waals surface area contributed by atoms with Crippen LogP contribution in [0.5, 0.6) is 0 Å². The molecule has 0 aliphatic carbocycles. The van der Waals surface area contributed by atoms with Gasteiger partial charge in [-0.1, -0.05) is 19.1 Å². The Bertz CT molecular complexity index is 476. The van der Waals surface area contributed by atoms with Crippen LogP contribution in [0.2, 0.25) is 0 Å². The Balaban J connectivity index is 2.86. The maximum Gasteiger partial charge on any atom is 0.239 e. The van der Waals surface area contributed by atoms with E-state index in [-0.39, 0.29) is 17.4 Å². The number of carbonyl (C=O) groups excluding carboxylic acids is 1. The number of nitrogens with two attached hydrogens (primary N) is 1. The number of anilines is 1. The van der Waals surface area contributed by atoms with E-state index in [0.717, 1.165) is 12.1 Å². The molecule has 19 heavy (non-hydrogen) atoms. The lowest BCUT2D eigenvalue weighted by Gasteiger charge is -2.20. The average Bonchev–Trinajstić information content (AvgIpc) is 2.35. The van der Waals surface area contributed by atoms with Gasteiger partial charge in [0.05, 0.1) is 12.1 Å². The van der Waals surface area contributed by atoms with E-state index < -0.39 is 0 Å². The molecule has 1 amide bonds. The van der Waals surface area contributed by atoms with E-state index in [9.17, 15) is 4.79 Å². The average molecular weight is 280 g/mol. The number of hydrogen-bond donors (Lipinski definition) is 2. The van der Waals surface area contributed by atoms with Crippen LogP contribution in [-0.4, -0.2) is 36.0 Å². The Kier molecular flexibility index (Phi) is 5.69. The SMILES string of the molecule is CCCNC(=O)CN(C)c1nc(C)ccc1C(N)=S. The molecule has 0 aromatic carbocycles. The van der Waals surface area contributed by atoms with Crippen LogP contribution in [0, 0.1) is 6.92 Å². The van der Waals surface area contributed by atoms with Gasteiger partial charge in [0, 0.05) is 19.3 Å². The van der Waals surface area contributed by atoms with Gasteiger partial charge in [-0.3, -0.25) is 4.79 Å². The molecule has 6 heteroatoms. The van der Waals surface area contributed by atoms with Crippen LogP contribution >= 0.6 is 12.2 Å². The zero-order chi connectivity index (χ0) is 14.4. The largest absolute Gasteiger partial charge is 0.389 e. The summed E-state index contributed by atoms with van der Waals surface area (Å²) >= 11 is 5.01. The molecule has 0 fully saturated rings. The van der Waals surface area contributed by atoms with E-state index in [2.05, 4.69) is 10.3 Å². The Labute approximate surface area is 119 Å². The maximum atomic E-state index is 11.7. The molecule has 1 aromatic rings. The molecule has 0 saturated heterocycles. The van der Waals surface area contributed by atoms with E-state index in [1.54, 1.807) is 11.9 Å². The van der Waals surface area contributed by atoms with Crippen molar-refractivity contribution in [2.24, 2.45) is 5.73 Å². The second-order valence-corrected chi connectivity index (χ2v) is 4.83. The predicted octanol–water partition coefficient (Wildman–Crippen LogP) is 0.987. The second kappa shape index (κ2) is 7.04. The molecule has 104 valence electrons. The standard InChI is InChI=1S/C13H20N4OS/c1-4-7-15-11(18)8-17(3)13-10(12(14)19)6-5-9(2)16-13/h5-6H,4,7-8H2,1-3H3,(H2,14,19)(H,15,18). The first kappa shape index (κ1) is 15.4. The van der Waals surface area contributed by atoms with Crippen LogP contribution in [0.25, 0.3) is 0 Å². The highest BCUT2D eigenvalue weighted by molar-refractivity contribution is 7.80. The summed E-state index contributed by atoms with van der Waals surface area (Å²) in [5.41, 5.74) is 7.22. The van der Waals surface area contributed by atoms with E-state index >= 15 is 0 Å². The number of hydrogen-bond acceptors (Lipinski definition) is 4. The summed E-state index contributed by atoms with van der Waals surface area (Å²) in [5.74, 6) is 0.598. The minimum atomic E-state index is -0.0402. The summed E-state index contributed by atoms with van der Waals surface area (Å²) in [7, 11) is 1.80. The summed E-state index contributed by atoms with van der Waals surface area (Å²) < 4.78 is 0. The minimum absolute atomic E-state index is 0.0402. The number of thiocarbonyl (C=S) groups is 1. The van der Waals surface area contributed by atoms with Crippen molar-refractivity contribution in [1.82, 2.24) is 10.3 Å². The molecule has 0 atom stereocenters. The second-order valence-electron chi connectivity index (χ2n) is 4.39. The molecule has 0 saturated carbocycles. The summed E-state index contributed by atoms with van der Waals surface area (Å²) in [5, 5.41) is 2.82. The number of aryl methyl sites for hydroxylation is 1. The van der Waals surface area contributed by atoms with Gasteiger partial charge in [-0.2, -0.15) is 0 Å². The zero-order valence-electron chi connectivity index (χ0n) is 11.6. The first-order valence-corrected chi connectivity index (χ1v) is 6.61. The molecule has 0 unspecified atom stereocenters. The van der Waals surface area contributed by atoms with Gasteiger partial charge in [-0.25, -0.2) is 4.98 Å². The van der Waals surface area contributed by atoms with Crippen LogP contribution < -0.4 is 16.0 Å². The third-order valence-electron chi connectivity index (χ3n) is 2.59. The van der Waals surface area contributed by atoms with Gasteiger partial charge in [0.25, 0.3) is 0 Å². The van der Waals surface area contributed by atoms with Crippen molar-refractivity contribution in [3.63, 3.8) is 0 Å². The number of nitrogens with zero attached hydrogens (tertiary/aromatic N) is 2. The lowest BCUT2D eigenvalue weighted by Crippen LogP contribution is -2.36. The van der Waals surface area contributed by atoms with E-state index in [1.807, 2.05) is 26.0 Å². The Morgan fingerprint density at radius 2 is 2.21 bits per heavy atom. The molecule has 1 rings (SSSR count). The summed E-state index contributed by atoms with van der Waals surface area (Å²) in [6, 6.07) is 3.68. The van der Waals surface area contributed by atoms with Gasteiger partial charge in [0.2, 0.25) is 5.91 Å². The molecular weight excluding hydrogens is 260 g/mol. The van der Waals surface area contributed by atoms with E-state index in [0.29, 0.717) is 17.9 Å². The van der Waals surface area contributed by atoms with Crippen LogP contribution in [0.3, 0.4) is 0 Å². The quantitative estimate of drug-likeness (QED) is 0.760. The van der Waals surface area contributed by atoms with E-state index in [1.165, 1.54) is 0 Å². The summed E-state index contributed by atoms with van der Waals surface area (Å²) in [6.07, 6.45) is 0.913. The molecule has 1 aromatic heterocycles. The third kappa shape index (κ3) is 4.48. The number of likely N-dealkylation sites (N-methyl/N-ethyl adjacent to an activating group) is 1. The molecule has 1 heterocycles. The fourth-order valence-corrected chi connectivity index (χ4v) is 1.80. The fourth-order valence-electron chi connectivity index (χ4n) is 1.64. The molecular formula is C13H20N4OS. The van der Waals surface area contributed by atoms with Crippen molar-refractivity contribution in [2.75, 3.05) is 25.0 Å². The fraction of sp³-hybridized carbons (Fsp3) is 0.462. The first-order chi connectivity index (χ1) is 8.95. The molecule has 0 bridgehead atoms. The Hall–Kier alpha value is -1.69. The minimum Gasteiger partial charge on any atom is -0.389 e. The number of pyridine rings is 1. The summed E-state index contributed by atoms with van der Waals surface area (Å²) in [6.45, 7) is 4.80. The van der Waals surface area contributed by atoms with Gasteiger partial charge in [0.15, 0.2) is 0 Å². The number of nitrogens with one attached hydrogen (secondary N) is 1. The van der Waals surface area contributed by atoms with Gasteiger partial charge in [0.1, 0.15) is 10.8 Å². The van der Waals surface area contributed by atoms with E-state index in [4.69, 9.17) is 18.0 Å². The van der Waals surface area contributed by atoms with Crippen LogP contribution in [0.1, 0.15) is 24.6 Å². The molecule has 0 aliphatic heterocycles. The smallest absolute Gasteiger partial charge is 0.239 e. The number of carbonyl (C=O) groups is 1. The van der Waals surface area contributed by atoms with Crippen LogP contribution in [-0.2, 0) is 4.79 Å². The van der Waals surface area contributed by atoms with Crippen molar-refractivity contribution in [2.45, 2.75) is 20.3 Å². The zero-order valence-corrected chi connectivity index (χ0v) is 12.4. The molecule has 3 N–H and O–H groups in total. The van der Waals surface area contributed by atoms with Gasteiger partial charge >= 0.3 is 0 Å². The monoisotopic (exact) mass is 280 g/mol. The third-order valence-corrected chi connectivity index (χ3v) is 2.81. The van der Waals surface area contributed by atoms with Crippen molar-refractivity contribution in [3.05, 3.63) is 23.4 Å². The Morgan fingerprint density at radius 3 is 2.79 bits per heavy atom. The van der Waals surface area contributed by atoms with Crippen molar-refractivity contribution in [3.8, 4) is 0 Å². The summed E-state index contributed by atoms with van der Waals surface area (Å²) in [4.78, 5) is 18.2. The topological polar surface area (TPSA) is 71.2 Å². The Morgan fingerprint density at radius 1 is 1.53 bits per heavy atom. The number of rotatable bonds is 6. The first-order valence-electron chi connectivity index (χ1n) is 6.21. The number of aromatic nitrogens is 1. The van der Waals surface area contributed by atoms with Crippen molar-refractivity contribution >= 4 is 28.9 Å². The van der Waals surface area contributed by atoms with Crippen molar-refractivity contribution in [1.29, 1.82) is 0 Å². The van der Waals surface area contributed by atoms with Crippen molar-refractivity contribution < 1.29 is 4.79 Å². The maximum absolute atomic E-state index is 11.7. The molecule has 5 nitrogen and oxygen atoms in total. The lowest BCUT2D eigenvalue weighted by atomic mass is 10.2. The van der Waals surface area contributed by atoms with Gasteiger partial charge in [-0.15, -0.1) is 0 Å². The highest BCUT2D eigenvalue weighted by Gasteiger charge is 2.14. The normalized spacial score (nSPS) is 10.1. The number of amides is 1. The highest BCUT2D eigenvalue weighted by atomic mass is 32.1.